The van der Waals surface area contributed by atoms with Crippen molar-refractivity contribution in [3.63, 3.8) is 0 Å². The zero-order valence-electron chi connectivity index (χ0n) is 9.81. The van der Waals surface area contributed by atoms with E-state index in [1.165, 1.54) is 7.11 Å². The molecule has 1 aromatic rings. The Morgan fingerprint density at radius 1 is 1.58 bits per heavy atom. The average molecular weight is 355 g/mol. The van der Waals surface area contributed by atoms with Crippen LogP contribution in [-0.4, -0.2) is 29.6 Å². The first-order chi connectivity index (χ1) is 8.93. The van der Waals surface area contributed by atoms with Gasteiger partial charge in [0.15, 0.2) is 5.75 Å². The van der Waals surface area contributed by atoms with E-state index in [1.807, 2.05) is 0 Å². The number of halogens is 3. The van der Waals surface area contributed by atoms with Gasteiger partial charge in [-0.15, -0.1) is 11.6 Å². The second-order valence-corrected chi connectivity index (χ2v) is 5.51. The molecule has 0 aliphatic heterocycles. The third-order valence-electron chi connectivity index (χ3n) is 2.93. The van der Waals surface area contributed by atoms with Crippen LogP contribution in [0, 0.1) is 15.9 Å². The van der Waals surface area contributed by atoms with Crippen LogP contribution in [0.5, 0.6) is 5.75 Å². The molecule has 0 N–H and O–H groups in total. The van der Waals surface area contributed by atoms with E-state index in [0.717, 1.165) is 12.1 Å². The standard InChI is InChI=1S/C11H10BrClFNO4/c1-18-11-6(13)3-10(11)19-9-4-7(14)5(12)2-8(9)15(16)17/h2,4,6,10-11H,3H2,1H3. The lowest BCUT2D eigenvalue weighted by atomic mass is 9.91. The van der Waals surface area contributed by atoms with Crippen LogP contribution in [0.1, 0.15) is 6.42 Å². The van der Waals surface area contributed by atoms with Gasteiger partial charge in [-0.05, 0) is 15.9 Å². The third-order valence-corrected chi connectivity index (χ3v) is 3.96. The molecular formula is C11H10BrClFNO4. The summed E-state index contributed by atoms with van der Waals surface area (Å²) in [6.07, 6.45) is -0.269. The molecule has 1 aliphatic rings. The lowest BCUT2D eigenvalue weighted by Gasteiger charge is -2.39. The Morgan fingerprint density at radius 3 is 2.79 bits per heavy atom. The number of alkyl halides is 1. The van der Waals surface area contributed by atoms with Crippen LogP contribution < -0.4 is 4.74 Å². The van der Waals surface area contributed by atoms with E-state index in [0.29, 0.717) is 6.42 Å². The van der Waals surface area contributed by atoms with Crippen LogP contribution in [0.25, 0.3) is 0 Å². The highest BCUT2D eigenvalue weighted by molar-refractivity contribution is 9.10. The number of methoxy groups -OCH3 is 1. The molecule has 104 valence electrons. The van der Waals surface area contributed by atoms with Crippen LogP contribution in [0.3, 0.4) is 0 Å². The minimum atomic E-state index is -0.628. The van der Waals surface area contributed by atoms with Crippen molar-refractivity contribution >= 4 is 33.2 Å². The topological polar surface area (TPSA) is 61.6 Å². The van der Waals surface area contributed by atoms with E-state index < -0.39 is 16.8 Å². The Balaban J connectivity index is 2.25. The molecule has 19 heavy (non-hydrogen) atoms. The lowest BCUT2D eigenvalue weighted by Crippen LogP contribution is -2.52. The van der Waals surface area contributed by atoms with Gasteiger partial charge in [0, 0.05) is 25.7 Å². The second kappa shape index (κ2) is 5.60. The molecule has 0 spiro atoms. The Kier molecular flexibility index (Phi) is 4.27. The molecule has 0 saturated heterocycles. The van der Waals surface area contributed by atoms with Crippen molar-refractivity contribution in [1.82, 2.24) is 0 Å². The van der Waals surface area contributed by atoms with Gasteiger partial charge in [0.2, 0.25) is 0 Å². The molecule has 1 fully saturated rings. The van der Waals surface area contributed by atoms with E-state index in [4.69, 9.17) is 21.1 Å². The van der Waals surface area contributed by atoms with Crippen molar-refractivity contribution in [2.75, 3.05) is 7.11 Å². The highest BCUT2D eigenvalue weighted by atomic mass is 79.9. The number of nitrogens with zero attached hydrogens (tertiary/aromatic N) is 1. The predicted octanol–water partition coefficient (Wildman–Crippen LogP) is 3.27. The summed E-state index contributed by atoms with van der Waals surface area (Å²) in [5.41, 5.74) is -0.304. The van der Waals surface area contributed by atoms with Crippen LogP contribution in [0.4, 0.5) is 10.1 Å². The van der Waals surface area contributed by atoms with Crippen LogP contribution >= 0.6 is 27.5 Å². The predicted molar refractivity (Wildman–Crippen MR) is 70.2 cm³/mol. The maximum Gasteiger partial charge on any atom is 0.312 e. The second-order valence-electron chi connectivity index (χ2n) is 4.10. The van der Waals surface area contributed by atoms with Crippen molar-refractivity contribution < 1.29 is 18.8 Å². The average Bonchev–Trinajstić information content (AvgIpc) is 2.32. The smallest absolute Gasteiger partial charge is 0.312 e. The lowest BCUT2D eigenvalue weighted by molar-refractivity contribution is -0.386. The summed E-state index contributed by atoms with van der Waals surface area (Å²) < 4.78 is 24.0. The van der Waals surface area contributed by atoms with Crippen molar-refractivity contribution in [2.45, 2.75) is 24.0 Å². The van der Waals surface area contributed by atoms with Crippen molar-refractivity contribution in [2.24, 2.45) is 0 Å². The number of nitro groups is 1. The maximum atomic E-state index is 13.4. The molecule has 2 rings (SSSR count). The van der Waals surface area contributed by atoms with Gasteiger partial charge in [0.1, 0.15) is 18.0 Å². The molecule has 0 bridgehead atoms. The molecule has 1 aromatic carbocycles. The van der Waals surface area contributed by atoms with Crippen LogP contribution in [-0.2, 0) is 4.74 Å². The Labute approximate surface area is 121 Å². The van der Waals surface area contributed by atoms with Crippen molar-refractivity contribution in [1.29, 1.82) is 0 Å². The Hall–Kier alpha value is -0.920. The molecule has 3 atom stereocenters. The Bertz CT molecular complexity index is 516. The highest BCUT2D eigenvalue weighted by Gasteiger charge is 2.43. The number of ether oxygens (including phenoxy) is 2. The van der Waals surface area contributed by atoms with E-state index in [9.17, 15) is 14.5 Å². The fourth-order valence-electron chi connectivity index (χ4n) is 1.86. The minimum Gasteiger partial charge on any atom is -0.481 e. The summed E-state index contributed by atoms with van der Waals surface area (Å²) >= 11 is 8.81. The van der Waals surface area contributed by atoms with Crippen LogP contribution in [0.2, 0.25) is 0 Å². The highest BCUT2D eigenvalue weighted by Crippen LogP contribution is 2.38. The summed E-state index contributed by atoms with van der Waals surface area (Å²) in [6, 6.07) is 2.06. The van der Waals surface area contributed by atoms with E-state index in [-0.39, 0.29) is 27.4 Å². The van der Waals surface area contributed by atoms with E-state index in [2.05, 4.69) is 15.9 Å². The van der Waals surface area contributed by atoms with Gasteiger partial charge < -0.3 is 9.47 Å². The molecule has 0 amide bonds. The first-order valence-corrected chi connectivity index (χ1v) is 6.64. The number of benzene rings is 1. The fourth-order valence-corrected chi connectivity index (χ4v) is 2.63. The van der Waals surface area contributed by atoms with Gasteiger partial charge in [-0.3, -0.25) is 10.1 Å². The molecule has 8 heteroatoms. The summed E-state index contributed by atoms with van der Waals surface area (Å²) in [5, 5.41) is 10.7. The summed E-state index contributed by atoms with van der Waals surface area (Å²) in [7, 11) is 1.48. The molecule has 1 saturated carbocycles. The van der Waals surface area contributed by atoms with Gasteiger partial charge in [-0.25, -0.2) is 4.39 Å². The number of hydrogen-bond acceptors (Lipinski definition) is 4. The van der Waals surface area contributed by atoms with Gasteiger partial charge in [-0.2, -0.15) is 0 Å². The molecule has 1 aliphatic carbocycles. The largest absolute Gasteiger partial charge is 0.481 e. The molecule has 0 radical (unpaired) electrons. The third kappa shape index (κ3) is 2.82. The summed E-state index contributed by atoms with van der Waals surface area (Å²) in [5.74, 6) is -0.752. The number of hydrogen-bond donors (Lipinski definition) is 0. The molecular weight excluding hydrogens is 344 g/mol. The van der Waals surface area contributed by atoms with Gasteiger partial charge in [-0.1, -0.05) is 0 Å². The molecule has 0 heterocycles. The minimum absolute atomic E-state index is 0.0127. The van der Waals surface area contributed by atoms with E-state index >= 15 is 0 Å². The first-order valence-electron chi connectivity index (χ1n) is 5.41. The fraction of sp³-hybridized carbons (Fsp3) is 0.455. The molecule has 3 unspecified atom stereocenters. The molecule has 5 nitrogen and oxygen atoms in total. The summed E-state index contributed by atoms with van der Waals surface area (Å²) in [4.78, 5) is 10.3. The van der Waals surface area contributed by atoms with E-state index in [1.54, 1.807) is 0 Å². The SMILES string of the molecule is COC1C(Cl)CC1Oc1cc(F)c(Br)cc1[N+](=O)[O-]. The van der Waals surface area contributed by atoms with Gasteiger partial charge in [0.25, 0.3) is 0 Å². The zero-order valence-corrected chi connectivity index (χ0v) is 12.1. The van der Waals surface area contributed by atoms with Gasteiger partial charge >= 0.3 is 5.69 Å². The van der Waals surface area contributed by atoms with Crippen molar-refractivity contribution in [3.8, 4) is 5.75 Å². The maximum absolute atomic E-state index is 13.4. The first kappa shape index (κ1) is 14.5. The number of rotatable bonds is 4. The number of nitro benzene ring substituents is 1. The normalized spacial score (nSPS) is 25.8. The zero-order chi connectivity index (χ0) is 14.2. The van der Waals surface area contributed by atoms with Crippen LogP contribution in [0.15, 0.2) is 16.6 Å². The quantitative estimate of drug-likeness (QED) is 0.473. The summed E-state index contributed by atoms with van der Waals surface area (Å²) in [6.45, 7) is 0. The monoisotopic (exact) mass is 353 g/mol. The van der Waals surface area contributed by atoms with Crippen molar-refractivity contribution in [3.05, 3.63) is 32.5 Å². The molecule has 0 aromatic heterocycles. The van der Waals surface area contributed by atoms with Gasteiger partial charge in [0.05, 0.1) is 14.8 Å². The Morgan fingerprint density at radius 2 is 2.26 bits per heavy atom.